The smallest absolute Gasteiger partial charge is 0.307 e. The molecule has 130 valence electrons. The van der Waals surface area contributed by atoms with Gasteiger partial charge in [-0.2, -0.15) is 4.99 Å². The number of aromatic nitrogens is 1. The first-order chi connectivity index (χ1) is 12.1. The highest BCUT2D eigenvalue weighted by molar-refractivity contribution is 7.16. The third-order valence-electron chi connectivity index (χ3n) is 3.59. The lowest BCUT2D eigenvalue weighted by molar-refractivity contribution is -0.140. The van der Waals surface area contributed by atoms with Gasteiger partial charge in [0.05, 0.1) is 35.7 Å². The Morgan fingerprint density at radius 2 is 2.08 bits per heavy atom. The molecule has 0 aliphatic carbocycles. The van der Waals surface area contributed by atoms with E-state index in [1.165, 1.54) is 29.8 Å². The lowest BCUT2D eigenvalue weighted by Gasteiger charge is -2.05. The highest BCUT2D eigenvalue weighted by Gasteiger charge is 2.12. The molecule has 0 radical (unpaired) electrons. The molecule has 0 N–H and O–H groups in total. The van der Waals surface area contributed by atoms with E-state index in [0.717, 1.165) is 16.0 Å². The molecule has 3 aromatic rings. The fourth-order valence-corrected chi connectivity index (χ4v) is 4.02. The Morgan fingerprint density at radius 3 is 2.76 bits per heavy atom. The van der Waals surface area contributed by atoms with Crippen LogP contribution in [0.2, 0.25) is 0 Å². The molecule has 1 aromatic carbocycles. The molecular formula is C17H16N2O4S2. The molecule has 8 heteroatoms. The Bertz CT molecular complexity index is 970. The van der Waals surface area contributed by atoms with Gasteiger partial charge in [0.1, 0.15) is 5.75 Å². The van der Waals surface area contributed by atoms with Crippen LogP contribution in [0.1, 0.15) is 16.1 Å². The molecule has 0 fully saturated rings. The number of thiophene rings is 1. The molecule has 3 rings (SSSR count). The van der Waals surface area contributed by atoms with Crippen molar-refractivity contribution in [1.82, 2.24) is 4.57 Å². The minimum atomic E-state index is -0.309. The van der Waals surface area contributed by atoms with Gasteiger partial charge in [-0.1, -0.05) is 17.4 Å². The molecular weight excluding hydrogens is 360 g/mol. The molecule has 0 aliphatic heterocycles. The number of carbonyl (C=O) groups is 2. The fraction of sp³-hybridized carbons (Fsp3) is 0.235. The summed E-state index contributed by atoms with van der Waals surface area (Å²) in [5, 5.41) is 1.84. The third-order valence-corrected chi connectivity index (χ3v) is 5.49. The van der Waals surface area contributed by atoms with Gasteiger partial charge in [0.25, 0.3) is 5.91 Å². The van der Waals surface area contributed by atoms with Crippen LogP contribution in [-0.4, -0.2) is 30.7 Å². The average molecular weight is 376 g/mol. The summed E-state index contributed by atoms with van der Waals surface area (Å²) in [6.45, 7) is 0.384. The number of ether oxygens (including phenoxy) is 2. The monoisotopic (exact) mass is 376 g/mol. The van der Waals surface area contributed by atoms with Crippen molar-refractivity contribution in [1.29, 1.82) is 0 Å². The first-order valence-corrected chi connectivity index (χ1v) is 9.18. The average Bonchev–Trinajstić information content (AvgIpc) is 3.27. The Hall–Kier alpha value is -2.45. The summed E-state index contributed by atoms with van der Waals surface area (Å²) in [6, 6.07) is 9.19. The van der Waals surface area contributed by atoms with E-state index in [2.05, 4.69) is 4.99 Å². The molecule has 0 saturated carbocycles. The maximum absolute atomic E-state index is 12.3. The number of thiazole rings is 1. The number of fused-ring (bicyclic) bond motifs is 1. The summed E-state index contributed by atoms with van der Waals surface area (Å²) in [5.41, 5.74) is 0.896. The van der Waals surface area contributed by atoms with Crippen molar-refractivity contribution in [2.24, 2.45) is 4.99 Å². The second kappa shape index (κ2) is 7.62. The van der Waals surface area contributed by atoms with Crippen molar-refractivity contribution in [3.05, 3.63) is 45.4 Å². The number of methoxy groups -OCH3 is 2. The lowest BCUT2D eigenvalue weighted by atomic mass is 10.3. The molecule has 0 bridgehead atoms. The number of carbonyl (C=O) groups excluding carboxylic acids is 2. The number of esters is 1. The van der Waals surface area contributed by atoms with Crippen molar-refractivity contribution >= 4 is 44.8 Å². The minimum Gasteiger partial charge on any atom is -0.497 e. The van der Waals surface area contributed by atoms with E-state index in [9.17, 15) is 9.59 Å². The maximum atomic E-state index is 12.3. The number of aryl methyl sites for hydroxylation is 1. The van der Waals surface area contributed by atoms with Crippen LogP contribution in [0.5, 0.6) is 5.75 Å². The lowest BCUT2D eigenvalue weighted by Crippen LogP contribution is -2.19. The van der Waals surface area contributed by atoms with Gasteiger partial charge in [0, 0.05) is 6.54 Å². The maximum Gasteiger partial charge on any atom is 0.307 e. The zero-order valence-electron chi connectivity index (χ0n) is 13.7. The topological polar surface area (TPSA) is 69.9 Å². The predicted octanol–water partition coefficient (Wildman–Crippen LogP) is 3.08. The summed E-state index contributed by atoms with van der Waals surface area (Å²) >= 11 is 2.74. The zero-order valence-corrected chi connectivity index (χ0v) is 15.4. The van der Waals surface area contributed by atoms with Crippen LogP contribution in [0, 0.1) is 0 Å². The number of hydrogen-bond donors (Lipinski definition) is 0. The van der Waals surface area contributed by atoms with E-state index >= 15 is 0 Å². The van der Waals surface area contributed by atoms with Crippen LogP contribution < -0.4 is 9.54 Å². The molecule has 0 unspecified atom stereocenters. The van der Waals surface area contributed by atoms with E-state index in [-0.39, 0.29) is 18.3 Å². The third kappa shape index (κ3) is 3.80. The molecule has 2 heterocycles. The van der Waals surface area contributed by atoms with Crippen LogP contribution in [0.4, 0.5) is 0 Å². The molecule has 25 heavy (non-hydrogen) atoms. The molecule has 1 amide bonds. The first kappa shape index (κ1) is 17.4. The van der Waals surface area contributed by atoms with Gasteiger partial charge in [0.15, 0.2) is 4.80 Å². The quantitative estimate of drug-likeness (QED) is 0.642. The van der Waals surface area contributed by atoms with Crippen molar-refractivity contribution in [3.8, 4) is 5.75 Å². The van der Waals surface area contributed by atoms with Crippen LogP contribution in [0.25, 0.3) is 10.2 Å². The Kier molecular flexibility index (Phi) is 5.30. The second-order valence-electron chi connectivity index (χ2n) is 5.09. The summed E-state index contributed by atoms with van der Waals surface area (Å²) in [6.07, 6.45) is 0.203. The summed E-state index contributed by atoms with van der Waals surface area (Å²) in [5.74, 6) is 0.126. The van der Waals surface area contributed by atoms with Crippen molar-refractivity contribution in [2.45, 2.75) is 13.0 Å². The number of rotatable bonds is 5. The summed E-state index contributed by atoms with van der Waals surface area (Å²) in [4.78, 5) is 29.2. The molecule has 0 saturated heterocycles. The molecule has 0 aliphatic rings. The largest absolute Gasteiger partial charge is 0.497 e. The normalized spacial score (nSPS) is 11.7. The van der Waals surface area contributed by atoms with Gasteiger partial charge < -0.3 is 14.0 Å². The number of amides is 1. The van der Waals surface area contributed by atoms with Crippen molar-refractivity contribution in [3.63, 3.8) is 0 Å². The van der Waals surface area contributed by atoms with Gasteiger partial charge in [-0.15, -0.1) is 11.3 Å². The highest BCUT2D eigenvalue weighted by Crippen LogP contribution is 2.23. The number of nitrogens with zero attached hydrogens (tertiary/aromatic N) is 2. The van der Waals surface area contributed by atoms with Gasteiger partial charge in [-0.05, 0) is 29.6 Å². The molecule has 2 aromatic heterocycles. The fourth-order valence-electron chi connectivity index (χ4n) is 2.33. The molecule has 6 nitrogen and oxygen atoms in total. The molecule has 0 atom stereocenters. The summed E-state index contributed by atoms with van der Waals surface area (Å²) < 4.78 is 12.8. The van der Waals surface area contributed by atoms with E-state index < -0.39 is 0 Å². The van der Waals surface area contributed by atoms with Crippen LogP contribution in [0.3, 0.4) is 0 Å². The van der Waals surface area contributed by atoms with Gasteiger partial charge >= 0.3 is 5.97 Å². The Balaban J connectivity index is 2.08. The zero-order chi connectivity index (χ0) is 17.8. The minimum absolute atomic E-state index is 0.203. The van der Waals surface area contributed by atoms with E-state index in [0.29, 0.717) is 16.2 Å². The van der Waals surface area contributed by atoms with Crippen molar-refractivity contribution in [2.75, 3.05) is 14.2 Å². The van der Waals surface area contributed by atoms with Crippen molar-refractivity contribution < 1.29 is 19.1 Å². The second-order valence-corrected chi connectivity index (χ2v) is 7.05. The standard InChI is InChI=1S/C17H16N2O4S2/c1-22-11-5-6-12-14(10-11)25-17(19(12)8-7-15(20)23-2)18-16(21)13-4-3-9-24-13/h3-6,9-10H,7-8H2,1-2H3. The van der Waals surface area contributed by atoms with Crippen LogP contribution in [0.15, 0.2) is 40.7 Å². The Morgan fingerprint density at radius 1 is 1.24 bits per heavy atom. The highest BCUT2D eigenvalue weighted by atomic mass is 32.1. The van der Waals surface area contributed by atoms with E-state index in [4.69, 9.17) is 9.47 Å². The van der Waals surface area contributed by atoms with Crippen LogP contribution in [-0.2, 0) is 16.1 Å². The van der Waals surface area contributed by atoms with E-state index in [1.807, 2.05) is 34.2 Å². The first-order valence-electron chi connectivity index (χ1n) is 7.49. The predicted molar refractivity (Wildman–Crippen MR) is 97.2 cm³/mol. The van der Waals surface area contributed by atoms with Gasteiger partial charge in [-0.3, -0.25) is 9.59 Å². The van der Waals surface area contributed by atoms with Gasteiger partial charge in [-0.25, -0.2) is 0 Å². The number of hydrogen-bond acceptors (Lipinski definition) is 6. The number of benzene rings is 1. The Labute approximate surface area is 152 Å². The van der Waals surface area contributed by atoms with E-state index in [1.54, 1.807) is 13.2 Å². The SMILES string of the molecule is COC(=O)CCn1c(=NC(=O)c2cccs2)sc2cc(OC)ccc21. The van der Waals surface area contributed by atoms with Crippen LogP contribution >= 0.6 is 22.7 Å². The van der Waals surface area contributed by atoms with Gasteiger partial charge in [0.2, 0.25) is 0 Å². The summed E-state index contributed by atoms with van der Waals surface area (Å²) in [7, 11) is 2.96. The molecule has 0 spiro atoms.